The molecule has 1 aliphatic rings. The van der Waals surface area contributed by atoms with Gasteiger partial charge in [0.25, 0.3) is 0 Å². The number of hydrogen-bond donors (Lipinski definition) is 0. The van der Waals surface area contributed by atoms with Crippen molar-refractivity contribution in [2.24, 2.45) is 0 Å². The van der Waals surface area contributed by atoms with Gasteiger partial charge in [0.15, 0.2) is 29.5 Å². The molecule has 3 aromatic carbocycles. The first kappa shape index (κ1) is 31.8. The van der Waals surface area contributed by atoms with E-state index < -0.39 is 29.2 Å². The Labute approximate surface area is 246 Å². The molecule has 1 fully saturated rings. The molecule has 0 radical (unpaired) electrons. The number of allylic oxidation sites excluding steroid dienone is 1. The highest BCUT2D eigenvalue weighted by molar-refractivity contribution is 5.72. The number of unbranched alkanes of at least 4 members (excludes halogenated alkanes) is 5. The van der Waals surface area contributed by atoms with Crippen molar-refractivity contribution in [3.05, 3.63) is 89.5 Å². The van der Waals surface area contributed by atoms with Gasteiger partial charge in [-0.25, -0.2) is 13.2 Å². The number of ether oxygens (including phenoxy) is 3. The summed E-state index contributed by atoms with van der Waals surface area (Å²) >= 11 is 0. The van der Waals surface area contributed by atoms with Gasteiger partial charge in [-0.05, 0) is 55.0 Å². The summed E-state index contributed by atoms with van der Waals surface area (Å²) in [5, 5.41) is 0. The number of rotatable bonds is 14. The summed E-state index contributed by atoms with van der Waals surface area (Å²) < 4.78 is 76.8. The van der Waals surface area contributed by atoms with Crippen LogP contribution in [-0.2, 0) is 9.47 Å². The summed E-state index contributed by atoms with van der Waals surface area (Å²) in [6, 6.07) is 12.2. The van der Waals surface area contributed by atoms with Crippen molar-refractivity contribution < 1.29 is 31.8 Å². The zero-order chi connectivity index (χ0) is 29.9. The van der Waals surface area contributed by atoms with E-state index >= 15 is 8.78 Å². The second-order valence-corrected chi connectivity index (χ2v) is 10.7. The molecule has 42 heavy (non-hydrogen) atoms. The molecule has 1 heterocycles. The average molecular weight is 585 g/mol. The zero-order valence-electron chi connectivity index (χ0n) is 24.4. The third-order valence-electron chi connectivity index (χ3n) is 7.64. The summed E-state index contributed by atoms with van der Waals surface area (Å²) in [7, 11) is 0. The topological polar surface area (TPSA) is 27.7 Å². The summed E-state index contributed by atoms with van der Waals surface area (Å²) in [5.41, 5.74) is 1.17. The van der Waals surface area contributed by atoms with E-state index in [9.17, 15) is 8.78 Å². The first-order chi connectivity index (χ1) is 20.4. The van der Waals surface area contributed by atoms with Gasteiger partial charge in [0.2, 0.25) is 5.82 Å². The number of hydrogen-bond acceptors (Lipinski definition) is 3. The largest absolute Gasteiger partial charge is 0.490 e. The molecule has 0 atom stereocenters. The van der Waals surface area contributed by atoms with Gasteiger partial charge >= 0.3 is 0 Å². The molecule has 4 rings (SSSR count). The molecule has 0 saturated carbocycles. The minimum atomic E-state index is -1.06. The highest BCUT2D eigenvalue weighted by Gasteiger charge is 2.27. The van der Waals surface area contributed by atoms with E-state index in [1.165, 1.54) is 43.9 Å². The first-order valence-electron chi connectivity index (χ1n) is 15.0. The van der Waals surface area contributed by atoms with Crippen LogP contribution in [0.15, 0.2) is 60.7 Å². The second-order valence-electron chi connectivity index (χ2n) is 10.7. The van der Waals surface area contributed by atoms with Crippen molar-refractivity contribution in [1.82, 2.24) is 0 Å². The molecule has 3 nitrogen and oxygen atoms in total. The van der Waals surface area contributed by atoms with Gasteiger partial charge < -0.3 is 14.2 Å². The lowest BCUT2D eigenvalue weighted by molar-refractivity contribution is -0.190. The van der Waals surface area contributed by atoms with E-state index in [4.69, 9.17) is 14.2 Å². The van der Waals surface area contributed by atoms with Gasteiger partial charge in [-0.1, -0.05) is 87.6 Å². The Hall–Kier alpha value is -3.16. The highest BCUT2D eigenvalue weighted by atomic mass is 19.2. The molecule has 0 N–H and O–H groups in total. The highest BCUT2D eigenvalue weighted by Crippen LogP contribution is 2.35. The van der Waals surface area contributed by atoms with Crippen LogP contribution in [-0.4, -0.2) is 26.1 Å². The molecular weight excluding hydrogens is 544 g/mol. The Bertz CT molecular complexity index is 1310. The molecule has 0 spiro atoms. The fraction of sp³-hybridized carbons (Fsp3) is 0.429. The van der Waals surface area contributed by atoms with Gasteiger partial charge in [-0.15, -0.1) is 0 Å². The van der Waals surface area contributed by atoms with E-state index in [2.05, 4.69) is 6.92 Å². The minimum Gasteiger partial charge on any atom is -0.490 e. The normalized spacial score (nSPS) is 17.2. The Morgan fingerprint density at radius 1 is 0.738 bits per heavy atom. The molecule has 0 bridgehead atoms. The van der Waals surface area contributed by atoms with E-state index in [0.29, 0.717) is 17.5 Å². The maximum Gasteiger partial charge on any atom is 0.201 e. The Morgan fingerprint density at radius 2 is 1.33 bits per heavy atom. The Kier molecular flexibility index (Phi) is 12.0. The number of benzene rings is 3. The minimum absolute atomic E-state index is 0.0500. The lowest BCUT2D eigenvalue weighted by atomic mass is 9.94. The standard InChI is InChI=1S/C35H40F4O3/c1-3-5-7-8-9-10-12-31-41-22-26(23-42-31)29-18-17-27(32(36)33(29)37)24-13-15-25(16-14-24)28-19-20-30(35(39)34(28)38)40-21-11-6-4-2/h4,6,13-20,26,31H,3,5,7-12,21-23H2,1-2H3. The third kappa shape index (κ3) is 8.01. The molecule has 1 saturated heterocycles. The third-order valence-corrected chi connectivity index (χ3v) is 7.64. The summed E-state index contributed by atoms with van der Waals surface area (Å²) in [5.74, 6) is -4.54. The molecular formula is C35H40F4O3. The van der Waals surface area contributed by atoms with Gasteiger partial charge in [0, 0.05) is 17.0 Å². The van der Waals surface area contributed by atoms with E-state index in [0.717, 1.165) is 19.3 Å². The molecule has 1 aliphatic heterocycles. The monoisotopic (exact) mass is 584 g/mol. The van der Waals surface area contributed by atoms with Crippen LogP contribution in [0.5, 0.6) is 5.75 Å². The predicted octanol–water partition coefficient (Wildman–Crippen LogP) is 10.1. The summed E-state index contributed by atoms with van der Waals surface area (Å²) in [6.45, 7) is 4.84. The molecule has 0 aromatic heterocycles. The van der Waals surface area contributed by atoms with E-state index in [1.54, 1.807) is 30.3 Å². The fourth-order valence-corrected chi connectivity index (χ4v) is 5.18. The van der Waals surface area contributed by atoms with Crippen LogP contribution in [0, 0.1) is 23.3 Å². The lowest BCUT2D eigenvalue weighted by Gasteiger charge is -2.30. The Morgan fingerprint density at radius 3 is 1.98 bits per heavy atom. The summed E-state index contributed by atoms with van der Waals surface area (Å²) in [4.78, 5) is 0. The lowest BCUT2D eigenvalue weighted by Crippen LogP contribution is -2.31. The van der Waals surface area contributed by atoms with E-state index in [1.807, 2.05) is 19.1 Å². The van der Waals surface area contributed by atoms with Gasteiger partial charge in [0.05, 0.1) is 19.8 Å². The van der Waals surface area contributed by atoms with Crippen molar-refractivity contribution in [2.75, 3.05) is 19.8 Å². The maximum atomic E-state index is 15.2. The quantitative estimate of drug-likeness (QED) is 0.107. The van der Waals surface area contributed by atoms with Crippen LogP contribution in [0.4, 0.5) is 17.6 Å². The van der Waals surface area contributed by atoms with Crippen LogP contribution in [0.25, 0.3) is 22.3 Å². The first-order valence-corrected chi connectivity index (χ1v) is 15.0. The van der Waals surface area contributed by atoms with Crippen LogP contribution < -0.4 is 4.74 Å². The van der Waals surface area contributed by atoms with E-state index in [-0.39, 0.29) is 48.6 Å². The Balaban J connectivity index is 1.38. The second kappa shape index (κ2) is 15.9. The molecule has 0 unspecified atom stereocenters. The molecule has 0 aliphatic carbocycles. The SMILES string of the molecule is CC=CCCOc1ccc(-c2ccc(-c3ccc(C4COC(CCCCCCCC)OC4)c(F)c3F)cc2)c(F)c1F. The van der Waals surface area contributed by atoms with Crippen molar-refractivity contribution in [1.29, 1.82) is 0 Å². The molecule has 226 valence electrons. The van der Waals surface area contributed by atoms with Crippen LogP contribution in [0.1, 0.15) is 76.7 Å². The molecule has 3 aromatic rings. The predicted molar refractivity (Wildman–Crippen MR) is 158 cm³/mol. The van der Waals surface area contributed by atoms with Crippen LogP contribution in [0.3, 0.4) is 0 Å². The average Bonchev–Trinajstić information content (AvgIpc) is 3.01. The fourth-order valence-electron chi connectivity index (χ4n) is 5.18. The van der Waals surface area contributed by atoms with Crippen LogP contribution in [0.2, 0.25) is 0 Å². The van der Waals surface area contributed by atoms with Crippen molar-refractivity contribution in [2.45, 2.75) is 77.4 Å². The van der Waals surface area contributed by atoms with Crippen LogP contribution >= 0.6 is 0 Å². The summed E-state index contributed by atoms with van der Waals surface area (Å²) in [6.07, 6.45) is 11.9. The van der Waals surface area contributed by atoms with Crippen molar-refractivity contribution in [3.8, 4) is 28.0 Å². The van der Waals surface area contributed by atoms with Crippen molar-refractivity contribution in [3.63, 3.8) is 0 Å². The van der Waals surface area contributed by atoms with Gasteiger partial charge in [-0.2, -0.15) is 4.39 Å². The smallest absolute Gasteiger partial charge is 0.201 e. The number of halogens is 4. The maximum absolute atomic E-state index is 15.2. The zero-order valence-corrected chi connectivity index (χ0v) is 24.4. The molecule has 7 heteroatoms. The molecule has 0 amide bonds. The van der Waals surface area contributed by atoms with Gasteiger partial charge in [0.1, 0.15) is 0 Å². The van der Waals surface area contributed by atoms with Gasteiger partial charge in [-0.3, -0.25) is 0 Å². The van der Waals surface area contributed by atoms with Crippen molar-refractivity contribution >= 4 is 0 Å².